The van der Waals surface area contributed by atoms with Gasteiger partial charge in [-0.3, -0.25) is 0 Å². The molecule has 10 heteroatoms. The van der Waals surface area contributed by atoms with Gasteiger partial charge in [-0.15, -0.1) is 0 Å². The monoisotopic (exact) mass is 390 g/mol. The lowest BCUT2D eigenvalue weighted by Gasteiger charge is -2.25. The molecule has 0 unspecified atom stereocenters. The predicted octanol–water partition coefficient (Wildman–Crippen LogP) is 4.94. The van der Waals surface area contributed by atoms with Gasteiger partial charge in [-0.1, -0.05) is 31.4 Å². The molecule has 0 atom stereocenters. The highest BCUT2D eigenvalue weighted by Crippen LogP contribution is 2.43. The van der Waals surface area contributed by atoms with E-state index in [0.29, 0.717) is 0 Å². The van der Waals surface area contributed by atoms with Gasteiger partial charge >= 0.3 is 27.7 Å². The van der Waals surface area contributed by atoms with Crippen LogP contribution < -0.4 is 4.18 Å². The van der Waals surface area contributed by atoms with E-state index in [4.69, 9.17) is 0 Å². The van der Waals surface area contributed by atoms with Crippen LogP contribution in [0.15, 0.2) is 24.3 Å². The summed E-state index contributed by atoms with van der Waals surface area (Å²) in [4.78, 5) is 0. The zero-order chi connectivity index (χ0) is 18.9. The van der Waals surface area contributed by atoms with Crippen LogP contribution in [-0.2, 0) is 10.1 Å². The molecule has 3 nitrogen and oxygen atoms in total. The molecule has 0 aliphatic heterocycles. The van der Waals surface area contributed by atoms with Gasteiger partial charge in [-0.05, 0) is 36.5 Å². The molecule has 0 N–H and O–H groups in total. The number of hydrogen-bond donors (Lipinski definition) is 0. The molecule has 0 spiro atoms. The fourth-order valence-electron chi connectivity index (χ4n) is 2.70. The zero-order valence-electron chi connectivity index (χ0n) is 12.9. The molecule has 0 amide bonds. The van der Waals surface area contributed by atoms with Gasteiger partial charge in [-0.25, -0.2) is 8.78 Å². The summed E-state index contributed by atoms with van der Waals surface area (Å²) in [6, 6.07) is 4.98. The first-order valence-electron chi connectivity index (χ1n) is 7.57. The number of alkyl halides is 6. The maximum atomic E-state index is 13.3. The second-order valence-electron chi connectivity index (χ2n) is 5.88. The SMILES string of the molecule is O=S(=O)(Oc1ccc(C2CCCCC2)cc1)C(F)(F)C(F)(F)C(F)F. The molecule has 0 bridgehead atoms. The highest BCUT2D eigenvalue weighted by molar-refractivity contribution is 7.88. The third-order valence-corrected chi connectivity index (χ3v) is 5.45. The van der Waals surface area contributed by atoms with Crippen LogP contribution in [0, 0.1) is 0 Å². The van der Waals surface area contributed by atoms with E-state index in [-0.39, 0.29) is 5.92 Å². The van der Waals surface area contributed by atoms with Crippen molar-refractivity contribution in [1.29, 1.82) is 0 Å². The fourth-order valence-corrected chi connectivity index (χ4v) is 3.60. The summed E-state index contributed by atoms with van der Waals surface area (Å²) in [5.74, 6) is -6.48. The molecule has 1 aliphatic rings. The maximum Gasteiger partial charge on any atom is 0.448 e. The molecule has 2 rings (SSSR count). The summed E-state index contributed by atoms with van der Waals surface area (Å²) in [6.07, 6.45) is 0.172. The van der Waals surface area contributed by atoms with Crippen molar-refractivity contribution in [2.75, 3.05) is 0 Å². The Labute approximate surface area is 141 Å². The molecule has 1 fully saturated rings. The second kappa shape index (κ2) is 7.05. The Morgan fingerprint density at radius 3 is 1.96 bits per heavy atom. The van der Waals surface area contributed by atoms with E-state index in [2.05, 4.69) is 4.18 Å². The van der Waals surface area contributed by atoms with Crippen molar-refractivity contribution >= 4 is 10.1 Å². The topological polar surface area (TPSA) is 43.4 Å². The van der Waals surface area contributed by atoms with Crippen molar-refractivity contribution in [3.05, 3.63) is 29.8 Å². The lowest BCUT2D eigenvalue weighted by Crippen LogP contribution is -2.52. The van der Waals surface area contributed by atoms with Crippen LogP contribution in [-0.4, -0.2) is 26.0 Å². The summed E-state index contributed by atoms with van der Waals surface area (Å²) in [7, 11) is -6.32. The lowest BCUT2D eigenvalue weighted by atomic mass is 9.84. The first kappa shape index (κ1) is 19.9. The van der Waals surface area contributed by atoms with Crippen LogP contribution in [0.5, 0.6) is 5.75 Å². The Morgan fingerprint density at radius 1 is 0.960 bits per heavy atom. The van der Waals surface area contributed by atoms with Crippen LogP contribution >= 0.6 is 0 Å². The minimum atomic E-state index is -6.32. The predicted molar refractivity (Wildman–Crippen MR) is 77.7 cm³/mol. The van der Waals surface area contributed by atoms with Crippen LogP contribution in [0.2, 0.25) is 0 Å². The normalized spacial score (nSPS) is 17.7. The van der Waals surface area contributed by atoms with Crippen LogP contribution in [0.3, 0.4) is 0 Å². The van der Waals surface area contributed by atoms with E-state index in [1.54, 1.807) is 0 Å². The fraction of sp³-hybridized carbons (Fsp3) is 0.600. The molecule has 1 saturated carbocycles. The Kier molecular flexibility index (Phi) is 5.60. The third-order valence-electron chi connectivity index (χ3n) is 4.14. The largest absolute Gasteiger partial charge is 0.448 e. The van der Waals surface area contributed by atoms with Crippen LogP contribution in [0.25, 0.3) is 0 Å². The summed E-state index contributed by atoms with van der Waals surface area (Å²) in [6.45, 7) is 0. The summed E-state index contributed by atoms with van der Waals surface area (Å²) < 4.78 is 103. The first-order chi connectivity index (χ1) is 11.5. The molecular weight excluding hydrogens is 374 g/mol. The molecule has 1 aromatic rings. The van der Waals surface area contributed by atoms with E-state index < -0.39 is 33.5 Å². The smallest absolute Gasteiger partial charge is 0.378 e. The van der Waals surface area contributed by atoms with Crippen LogP contribution in [0.4, 0.5) is 26.3 Å². The van der Waals surface area contributed by atoms with Crippen LogP contribution in [0.1, 0.15) is 43.6 Å². The Morgan fingerprint density at radius 2 is 1.48 bits per heavy atom. The van der Waals surface area contributed by atoms with E-state index in [1.807, 2.05) is 0 Å². The van der Waals surface area contributed by atoms with Crippen molar-refractivity contribution in [3.63, 3.8) is 0 Å². The number of hydrogen-bond acceptors (Lipinski definition) is 3. The minimum Gasteiger partial charge on any atom is -0.378 e. The van der Waals surface area contributed by atoms with Crippen molar-refractivity contribution in [2.24, 2.45) is 0 Å². The second-order valence-corrected chi connectivity index (χ2v) is 7.47. The molecule has 1 aromatic carbocycles. The first-order valence-corrected chi connectivity index (χ1v) is 8.97. The van der Waals surface area contributed by atoms with E-state index in [9.17, 15) is 34.8 Å². The van der Waals surface area contributed by atoms with Gasteiger partial charge in [0.25, 0.3) is 0 Å². The van der Waals surface area contributed by atoms with E-state index in [1.165, 1.54) is 12.1 Å². The average molecular weight is 390 g/mol. The lowest BCUT2D eigenvalue weighted by molar-refractivity contribution is -0.227. The summed E-state index contributed by atoms with van der Waals surface area (Å²) in [5, 5.41) is -6.07. The van der Waals surface area contributed by atoms with Crippen molar-refractivity contribution in [1.82, 2.24) is 0 Å². The quantitative estimate of drug-likeness (QED) is 0.511. The van der Waals surface area contributed by atoms with Gasteiger partial charge in [0.05, 0.1) is 0 Å². The van der Waals surface area contributed by atoms with Crippen molar-refractivity contribution < 1.29 is 38.9 Å². The standard InChI is InChI=1S/C15H16F6O3S/c16-13(17)14(18,19)15(20,21)25(22,23)24-12-8-6-11(7-9-12)10-4-2-1-3-5-10/h6-10,13H,1-5H2. The number of benzene rings is 1. The molecule has 1 aliphatic carbocycles. The zero-order valence-corrected chi connectivity index (χ0v) is 13.7. The van der Waals surface area contributed by atoms with Gasteiger partial charge in [0.1, 0.15) is 5.75 Å². The Balaban J connectivity index is 2.17. The van der Waals surface area contributed by atoms with Gasteiger partial charge in [0, 0.05) is 0 Å². The maximum absolute atomic E-state index is 13.3. The minimum absolute atomic E-state index is 0.240. The molecule has 0 heterocycles. The van der Waals surface area contributed by atoms with Crippen molar-refractivity contribution in [2.45, 2.75) is 55.6 Å². The molecular formula is C15H16F6O3S. The van der Waals surface area contributed by atoms with Gasteiger partial charge in [0.2, 0.25) is 0 Å². The molecule has 142 valence electrons. The third kappa shape index (κ3) is 3.88. The summed E-state index contributed by atoms with van der Waals surface area (Å²) in [5.41, 5.74) is 0.842. The van der Waals surface area contributed by atoms with E-state index >= 15 is 0 Å². The number of rotatable bonds is 6. The van der Waals surface area contributed by atoms with Gasteiger partial charge in [0.15, 0.2) is 0 Å². The Bertz CT molecular complexity index is 682. The molecule has 0 aromatic heterocycles. The average Bonchev–Trinajstić information content (AvgIpc) is 2.55. The van der Waals surface area contributed by atoms with Gasteiger partial charge < -0.3 is 4.18 Å². The van der Waals surface area contributed by atoms with E-state index in [0.717, 1.165) is 49.8 Å². The molecule has 0 saturated heterocycles. The molecule has 25 heavy (non-hydrogen) atoms. The highest BCUT2D eigenvalue weighted by Gasteiger charge is 2.72. The number of halogens is 6. The van der Waals surface area contributed by atoms with Gasteiger partial charge in [-0.2, -0.15) is 26.0 Å². The Hall–Kier alpha value is -1.45. The summed E-state index contributed by atoms with van der Waals surface area (Å²) >= 11 is 0. The highest BCUT2D eigenvalue weighted by atomic mass is 32.2. The van der Waals surface area contributed by atoms with Crippen molar-refractivity contribution in [3.8, 4) is 5.75 Å². The molecule has 0 radical (unpaired) electrons.